The van der Waals surface area contributed by atoms with Gasteiger partial charge in [-0.1, -0.05) is 40.0 Å². The largest absolute Gasteiger partial charge is 0.511 e. The van der Waals surface area contributed by atoms with Gasteiger partial charge in [-0.3, -0.25) is 0 Å². The Morgan fingerprint density at radius 3 is 1.82 bits per heavy atom. The number of aliphatic hydroxyl groups is 2. The molecule has 0 saturated heterocycles. The minimum atomic E-state index is 0.348. The number of hydrogen-bond donors (Lipinski definition) is 2. The summed E-state index contributed by atoms with van der Waals surface area (Å²) in [6, 6.07) is 0. The zero-order chi connectivity index (χ0) is 13.1. The van der Waals surface area contributed by atoms with Crippen molar-refractivity contribution in [3.63, 3.8) is 0 Å². The van der Waals surface area contributed by atoms with Gasteiger partial charge in [-0.15, -0.1) is 0 Å². The number of allylic oxidation sites excluding steroid dienone is 2. The molecule has 0 aromatic heterocycles. The summed E-state index contributed by atoms with van der Waals surface area (Å²) < 4.78 is 0. The smallest absolute Gasteiger partial charge is 0.108 e. The van der Waals surface area contributed by atoms with Gasteiger partial charge >= 0.3 is 0 Å². The first-order valence-electron chi connectivity index (χ1n) is 6.69. The van der Waals surface area contributed by atoms with Gasteiger partial charge in [0, 0.05) is 31.8 Å². The number of unbranched alkanes of at least 4 members (excludes halogenated alkanes) is 3. The Morgan fingerprint density at radius 2 is 1.41 bits per heavy atom. The van der Waals surface area contributed by atoms with E-state index < -0.39 is 0 Å². The molecule has 0 spiro atoms. The van der Waals surface area contributed by atoms with Crippen molar-refractivity contribution < 1.29 is 10.2 Å². The molecule has 3 heteroatoms. The van der Waals surface area contributed by atoms with Gasteiger partial charge < -0.3 is 15.1 Å². The first-order chi connectivity index (χ1) is 8.13. The lowest BCUT2D eigenvalue weighted by molar-refractivity contribution is 0.344. The average Bonchev–Trinajstić information content (AvgIpc) is 2.33. The van der Waals surface area contributed by atoms with E-state index in [0.717, 1.165) is 13.0 Å². The number of rotatable bonds is 9. The molecule has 0 aromatic rings. The van der Waals surface area contributed by atoms with Gasteiger partial charge in [0.2, 0.25) is 0 Å². The third kappa shape index (κ3) is 8.66. The third-order valence-corrected chi connectivity index (χ3v) is 2.62. The van der Waals surface area contributed by atoms with Gasteiger partial charge in [0.15, 0.2) is 0 Å². The Hall–Kier alpha value is -1.12. The van der Waals surface area contributed by atoms with Crippen LogP contribution in [0.15, 0.2) is 23.9 Å². The van der Waals surface area contributed by atoms with Crippen LogP contribution in [0.4, 0.5) is 0 Å². The van der Waals surface area contributed by atoms with Gasteiger partial charge in [-0.2, -0.15) is 0 Å². The van der Waals surface area contributed by atoms with Crippen molar-refractivity contribution in [2.45, 2.75) is 59.3 Å². The van der Waals surface area contributed by atoms with E-state index >= 15 is 0 Å². The molecule has 0 aliphatic carbocycles. The fourth-order valence-electron chi connectivity index (χ4n) is 1.45. The zero-order valence-electron chi connectivity index (χ0n) is 11.4. The highest BCUT2D eigenvalue weighted by molar-refractivity contribution is 4.98. The molecule has 0 atom stereocenters. The highest BCUT2D eigenvalue weighted by Gasteiger charge is 2.00. The molecule has 17 heavy (non-hydrogen) atoms. The Morgan fingerprint density at radius 1 is 0.882 bits per heavy atom. The van der Waals surface area contributed by atoms with Crippen LogP contribution in [0, 0.1) is 0 Å². The Labute approximate surface area is 105 Å². The normalized spacial score (nSPS) is 12.9. The van der Waals surface area contributed by atoms with Gasteiger partial charge in [0.25, 0.3) is 0 Å². The molecule has 0 fully saturated rings. The quantitative estimate of drug-likeness (QED) is 0.462. The highest BCUT2D eigenvalue weighted by atomic mass is 16.3. The second-order valence-corrected chi connectivity index (χ2v) is 4.25. The van der Waals surface area contributed by atoms with Gasteiger partial charge in [-0.25, -0.2) is 0 Å². The maximum absolute atomic E-state index is 9.53. The molecule has 3 nitrogen and oxygen atoms in total. The highest BCUT2D eigenvalue weighted by Crippen LogP contribution is 2.07. The van der Waals surface area contributed by atoms with Gasteiger partial charge in [0.05, 0.1) is 0 Å². The molecule has 0 unspecified atom stereocenters. The SMILES string of the molecule is CCCCCCN(C=C(O)CC)C=C(O)CC. The molecular weight excluding hydrogens is 214 g/mol. The predicted octanol–water partition coefficient (Wildman–Crippen LogP) is 4.49. The second-order valence-electron chi connectivity index (χ2n) is 4.25. The van der Waals surface area contributed by atoms with Crippen LogP contribution in [0.1, 0.15) is 59.3 Å². The monoisotopic (exact) mass is 241 g/mol. The fourth-order valence-corrected chi connectivity index (χ4v) is 1.45. The van der Waals surface area contributed by atoms with Crippen molar-refractivity contribution in [3.8, 4) is 0 Å². The van der Waals surface area contributed by atoms with Crippen LogP contribution in [0.5, 0.6) is 0 Å². The summed E-state index contributed by atoms with van der Waals surface area (Å²) >= 11 is 0. The fraction of sp³-hybridized carbons (Fsp3) is 0.714. The summed E-state index contributed by atoms with van der Waals surface area (Å²) in [6.07, 6.45) is 9.37. The lowest BCUT2D eigenvalue weighted by Crippen LogP contribution is -2.13. The van der Waals surface area contributed by atoms with Crippen molar-refractivity contribution in [3.05, 3.63) is 23.9 Å². The van der Waals surface area contributed by atoms with E-state index in [4.69, 9.17) is 0 Å². The van der Waals surface area contributed by atoms with E-state index in [-0.39, 0.29) is 0 Å². The van der Waals surface area contributed by atoms with E-state index in [0.29, 0.717) is 24.4 Å². The number of hydrogen-bond acceptors (Lipinski definition) is 3. The lowest BCUT2D eigenvalue weighted by atomic mass is 10.2. The van der Waals surface area contributed by atoms with Crippen molar-refractivity contribution in [1.29, 1.82) is 0 Å². The average molecular weight is 241 g/mol. The maximum atomic E-state index is 9.53. The van der Waals surface area contributed by atoms with Crippen LogP contribution in [0.3, 0.4) is 0 Å². The molecule has 0 heterocycles. The summed E-state index contributed by atoms with van der Waals surface area (Å²) in [5.74, 6) is 0.696. The van der Waals surface area contributed by atoms with Gasteiger partial charge in [-0.05, 0) is 6.42 Å². The summed E-state index contributed by atoms with van der Waals surface area (Å²) in [5, 5.41) is 19.1. The molecule has 0 radical (unpaired) electrons. The molecule has 0 amide bonds. The molecule has 0 rings (SSSR count). The summed E-state index contributed by atoms with van der Waals surface area (Å²) in [6.45, 7) is 6.84. The number of nitrogens with zero attached hydrogens (tertiary/aromatic N) is 1. The zero-order valence-corrected chi connectivity index (χ0v) is 11.4. The van der Waals surface area contributed by atoms with E-state index in [2.05, 4.69) is 6.92 Å². The molecule has 0 aliphatic rings. The molecule has 100 valence electrons. The van der Waals surface area contributed by atoms with Crippen molar-refractivity contribution in [2.75, 3.05) is 6.54 Å². The number of aliphatic hydroxyl groups excluding tert-OH is 2. The van der Waals surface area contributed by atoms with Crippen LogP contribution < -0.4 is 0 Å². The van der Waals surface area contributed by atoms with Crippen molar-refractivity contribution in [2.24, 2.45) is 0 Å². The van der Waals surface area contributed by atoms with Crippen LogP contribution in [0.2, 0.25) is 0 Å². The van der Waals surface area contributed by atoms with E-state index in [1.807, 2.05) is 18.7 Å². The minimum absolute atomic E-state index is 0.348. The summed E-state index contributed by atoms with van der Waals surface area (Å²) in [4.78, 5) is 1.88. The first-order valence-corrected chi connectivity index (χ1v) is 6.69. The standard InChI is InChI=1S/C14H27NO2/c1-4-7-8-9-10-15(11-13(16)5-2)12-14(17)6-3/h11-12,16-17H,4-10H2,1-3H3. The third-order valence-electron chi connectivity index (χ3n) is 2.62. The Balaban J connectivity index is 4.31. The molecule has 0 saturated carbocycles. The Kier molecular flexibility index (Phi) is 9.40. The summed E-state index contributed by atoms with van der Waals surface area (Å²) in [7, 11) is 0. The molecule has 0 bridgehead atoms. The van der Waals surface area contributed by atoms with E-state index in [1.54, 1.807) is 12.4 Å². The summed E-state index contributed by atoms with van der Waals surface area (Å²) in [5.41, 5.74) is 0. The predicted molar refractivity (Wildman–Crippen MR) is 72.9 cm³/mol. The van der Waals surface area contributed by atoms with E-state index in [1.165, 1.54) is 19.3 Å². The molecule has 2 N–H and O–H groups in total. The minimum Gasteiger partial charge on any atom is -0.511 e. The second kappa shape index (κ2) is 10.1. The molecular formula is C14H27NO2. The molecule has 0 aromatic carbocycles. The maximum Gasteiger partial charge on any atom is 0.108 e. The van der Waals surface area contributed by atoms with Crippen LogP contribution >= 0.6 is 0 Å². The Bertz CT molecular complexity index is 227. The van der Waals surface area contributed by atoms with Crippen molar-refractivity contribution in [1.82, 2.24) is 4.90 Å². The van der Waals surface area contributed by atoms with Gasteiger partial charge in [0.1, 0.15) is 11.5 Å². The van der Waals surface area contributed by atoms with Crippen molar-refractivity contribution >= 4 is 0 Å². The molecule has 0 aliphatic heterocycles. The van der Waals surface area contributed by atoms with Crippen LogP contribution in [-0.4, -0.2) is 21.7 Å². The topological polar surface area (TPSA) is 43.7 Å². The first kappa shape index (κ1) is 15.9. The van der Waals surface area contributed by atoms with Crippen LogP contribution in [0.25, 0.3) is 0 Å². The van der Waals surface area contributed by atoms with Crippen LogP contribution in [-0.2, 0) is 0 Å². The van der Waals surface area contributed by atoms with E-state index in [9.17, 15) is 10.2 Å². The lowest BCUT2D eigenvalue weighted by Gasteiger charge is -2.16.